The van der Waals surface area contributed by atoms with Gasteiger partial charge in [0.05, 0.1) is 12.8 Å². The van der Waals surface area contributed by atoms with Crippen molar-refractivity contribution < 1.29 is 23.9 Å². The van der Waals surface area contributed by atoms with E-state index >= 15 is 0 Å². The Balaban J connectivity index is 1.71. The predicted octanol–water partition coefficient (Wildman–Crippen LogP) is 0.833. The number of fused-ring (bicyclic) bond motifs is 1. The van der Waals surface area contributed by atoms with E-state index in [1.165, 1.54) is 13.2 Å². The summed E-state index contributed by atoms with van der Waals surface area (Å²) in [6.07, 6.45) is 0. The molecule has 2 N–H and O–H groups in total. The first-order valence-electron chi connectivity index (χ1n) is 7.74. The number of hydrogen-bond acceptors (Lipinski definition) is 7. The SMILES string of the molecule is COC(=O)c1cc(C(=O)NCc2ccc3c(c2)NC(=O)CO3)nc(C)n1. The van der Waals surface area contributed by atoms with Crippen molar-refractivity contribution in [2.45, 2.75) is 13.5 Å². The summed E-state index contributed by atoms with van der Waals surface area (Å²) in [4.78, 5) is 43.3. The van der Waals surface area contributed by atoms with Crippen LogP contribution in [0.3, 0.4) is 0 Å². The Morgan fingerprint density at radius 1 is 1.27 bits per heavy atom. The maximum Gasteiger partial charge on any atom is 0.356 e. The van der Waals surface area contributed by atoms with Gasteiger partial charge in [0.15, 0.2) is 12.3 Å². The summed E-state index contributed by atoms with van der Waals surface area (Å²) in [5, 5.41) is 5.41. The minimum absolute atomic E-state index is 0.0128. The topological polar surface area (TPSA) is 120 Å². The number of nitrogens with one attached hydrogen (secondary N) is 2. The molecule has 0 saturated carbocycles. The molecule has 2 heterocycles. The number of amides is 2. The summed E-state index contributed by atoms with van der Waals surface area (Å²) in [7, 11) is 1.23. The Labute approximate surface area is 148 Å². The van der Waals surface area contributed by atoms with Gasteiger partial charge in [-0.1, -0.05) is 6.07 Å². The van der Waals surface area contributed by atoms with Crippen LogP contribution in [0, 0.1) is 6.92 Å². The molecule has 9 heteroatoms. The van der Waals surface area contributed by atoms with Crippen molar-refractivity contribution in [2.75, 3.05) is 19.0 Å². The Morgan fingerprint density at radius 2 is 2.04 bits per heavy atom. The number of esters is 1. The molecule has 9 nitrogen and oxygen atoms in total. The van der Waals surface area contributed by atoms with Crippen LogP contribution in [0.25, 0.3) is 0 Å². The first-order valence-corrected chi connectivity index (χ1v) is 7.74. The van der Waals surface area contributed by atoms with Crippen LogP contribution in [-0.2, 0) is 16.1 Å². The van der Waals surface area contributed by atoms with Crippen molar-refractivity contribution in [3.63, 3.8) is 0 Å². The van der Waals surface area contributed by atoms with Gasteiger partial charge in [-0.05, 0) is 24.6 Å². The van der Waals surface area contributed by atoms with Gasteiger partial charge in [-0.25, -0.2) is 14.8 Å². The highest BCUT2D eigenvalue weighted by molar-refractivity contribution is 5.96. The second kappa shape index (κ2) is 7.18. The number of benzene rings is 1. The van der Waals surface area contributed by atoms with E-state index in [1.54, 1.807) is 25.1 Å². The quantitative estimate of drug-likeness (QED) is 0.779. The van der Waals surface area contributed by atoms with Crippen molar-refractivity contribution >= 4 is 23.5 Å². The van der Waals surface area contributed by atoms with Crippen LogP contribution in [0.4, 0.5) is 5.69 Å². The van der Waals surface area contributed by atoms with E-state index in [-0.39, 0.29) is 36.3 Å². The molecule has 0 saturated heterocycles. The molecular formula is C17H16N4O5. The molecule has 2 amide bonds. The van der Waals surface area contributed by atoms with Crippen LogP contribution in [-0.4, -0.2) is 41.5 Å². The van der Waals surface area contributed by atoms with Crippen LogP contribution in [0.5, 0.6) is 5.75 Å². The smallest absolute Gasteiger partial charge is 0.356 e. The molecule has 0 fully saturated rings. The first kappa shape index (κ1) is 17.3. The molecular weight excluding hydrogens is 340 g/mol. The van der Waals surface area contributed by atoms with Crippen LogP contribution in [0.2, 0.25) is 0 Å². The number of carbonyl (C=O) groups is 3. The molecule has 0 spiro atoms. The standard InChI is InChI=1S/C17H16N4O5/c1-9-19-12(6-13(20-9)17(24)25-2)16(23)18-7-10-3-4-14-11(5-10)21-15(22)8-26-14/h3-6H,7-8H2,1-2H3,(H,18,23)(H,21,22). The highest BCUT2D eigenvalue weighted by Gasteiger charge is 2.17. The summed E-state index contributed by atoms with van der Waals surface area (Å²) in [5.74, 6) is -0.473. The largest absolute Gasteiger partial charge is 0.482 e. The van der Waals surface area contributed by atoms with E-state index in [4.69, 9.17) is 4.74 Å². The Morgan fingerprint density at radius 3 is 2.81 bits per heavy atom. The molecule has 1 aromatic heterocycles. The van der Waals surface area contributed by atoms with E-state index in [2.05, 4.69) is 25.3 Å². The predicted molar refractivity (Wildman–Crippen MR) is 89.8 cm³/mol. The Hall–Kier alpha value is -3.49. The van der Waals surface area contributed by atoms with E-state index < -0.39 is 11.9 Å². The lowest BCUT2D eigenvalue weighted by atomic mass is 10.1. The van der Waals surface area contributed by atoms with Gasteiger partial charge >= 0.3 is 5.97 Å². The number of hydrogen-bond donors (Lipinski definition) is 2. The molecule has 1 aromatic carbocycles. The number of carbonyl (C=O) groups excluding carboxylic acids is 3. The van der Waals surface area contributed by atoms with Crippen LogP contribution in [0.15, 0.2) is 24.3 Å². The average Bonchev–Trinajstić information content (AvgIpc) is 2.64. The Bertz CT molecular complexity index is 897. The van der Waals surface area contributed by atoms with Gasteiger partial charge in [-0.2, -0.15) is 0 Å². The van der Waals surface area contributed by atoms with Gasteiger partial charge in [0.2, 0.25) is 0 Å². The fraction of sp³-hybridized carbons (Fsp3) is 0.235. The molecule has 0 unspecified atom stereocenters. The first-order chi connectivity index (χ1) is 12.5. The summed E-state index contributed by atoms with van der Waals surface area (Å²) in [6, 6.07) is 6.50. The fourth-order valence-corrected chi connectivity index (χ4v) is 2.41. The molecule has 26 heavy (non-hydrogen) atoms. The molecule has 1 aliphatic heterocycles. The highest BCUT2D eigenvalue weighted by atomic mass is 16.5. The Kier molecular flexibility index (Phi) is 4.78. The second-order valence-electron chi connectivity index (χ2n) is 5.53. The zero-order valence-electron chi connectivity index (χ0n) is 14.2. The van der Waals surface area contributed by atoms with Gasteiger partial charge in [0.25, 0.3) is 11.8 Å². The number of rotatable bonds is 4. The molecule has 3 rings (SSSR count). The molecule has 0 atom stereocenters. The number of aromatic nitrogens is 2. The van der Waals surface area contributed by atoms with Crippen molar-refractivity contribution in [3.05, 3.63) is 47.0 Å². The van der Waals surface area contributed by atoms with Gasteiger partial charge in [0, 0.05) is 12.6 Å². The zero-order chi connectivity index (χ0) is 18.7. The van der Waals surface area contributed by atoms with Crippen molar-refractivity contribution in [1.82, 2.24) is 15.3 Å². The van der Waals surface area contributed by atoms with Gasteiger partial charge in [0.1, 0.15) is 17.3 Å². The van der Waals surface area contributed by atoms with E-state index in [0.717, 1.165) is 5.56 Å². The van der Waals surface area contributed by atoms with Crippen molar-refractivity contribution in [2.24, 2.45) is 0 Å². The number of anilines is 1. The number of aryl methyl sites for hydroxylation is 1. The third kappa shape index (κ3) is 3.77. The lowest BCUT2D eigenvalue weighted by Gasteiger charge is -2.18. The van der Waals surface area contributed by atoms with Gasteiger partial charge in [-0.15, -0.1) is 0 Å². The molecule has 0 bridgehead atoms. The lowest BCUT2D eigenvalue weighted by molar-refractivity contribution is -0.118. The number of ether oxygens (including phenoxy) is 2. The van der Waals surface area contributed by atoms with E-state index in [1.807, 2.05) is 0 Å². The van der Waals surface area contributed by atoms with E-state index in [9.17, 15) is 14.4 Å². The average molecular weight is 356 g/mol. The molecule has 0 radical (unpaired) electrons. The molecule has 134 valence electrons. The zero-order valence-corrected chi connectivity index (χ0v) is 14.2. The van der Waals surface area contributed by atoms with Crippen LogP contribution in [0.1, 0.15) is 32.4 Å². The number of nitrogens with zero attached hydrogens (tertiary/aromatic N) is 2. The molecule has 2 aromatic rings. The maximum absolute atomic E-state index is 12.3. The molecule has 1 aliphatic rings. The number of methoxy groups -OCH3 is 1. The fourth-order valence-electron chi connectivity index (χ4n) is 2.41. The van der Waals surface area contributed by atoms with Crippen molar-refractivity contribution in [1.29, 1.82) is 0 Å². The summed E-state index contributed by atoms with van der Waals surface area (Å²) < 4.78 is 9.89. The van der Waals surface area contributed by atoms with Gasteiger partial charge in [-0.3, -0.25) is 9.59 Å². The van der Waals surface area contributed by atoms with E-state index in [0.29, 0.717) is 11.4 Å². The summed E-state index contributed by atoms with van der Waals surface area (Å²) >= 11 is 0. The second-order valence-corrected chi connectivity index (χ2v) is 5.53. The molecule has 0 aliphatic carbocycles. The normalized spacial score (nSPS) is 12.5. The third-order valence-corrected chi connectivity index (χ3v) is 3.60. The summed E-state index contributed by atoms with van der Waals surface area (Å²) in [5.41, 5.74) is 1.40. The lowest BCUT2D eigenvalue weighted by Crippen LogP contribution is -2.27. The van der Waals surface area contributed by atoms with Crippen LogP contribution >= 0.6 is 0 Å². The minimum Gasteiger partial charge on any atom is -0.482 e. The maximum atomic E-state index is 12.3. The monoisotopic (exact) mass is 356 g/mol. The highest BCUT2D eigenvalue weighted by Crippen LogP contribution is 2.28. The van der Waals surface area contributed by atoms with Crippen molar-refractivity contribution in [3.8, 4) is 5.75 Å². The van der Waals surface area contributed by atoms with Crippen LogP contribution < -0.4 is 15.4 Å². The third-order valence-electron chi connectivity index (χ3n) is 3.60. The summed E-state index contributed by atoms with van der Waals surface area (Å²) in [6.45, 7) is 1.77. The minimum atomic E-state index is -0.644. The van der Waals surface area contributed by atoms with Gasteiger partial charge < -0.3 is 20.1 Å².